The number of hydrogen-bond donors (Lipinski definition) is 0. The van der Waals surface area contributed by atoms with E-state index < -0.39 is 12.1 Å². The first kappa shape index (κ1) is 16.9. The van der Waals surface area contributed by atoms with Crippen LogP contribution in [0.1, 0.15) is 38.8 Å². The van der Waals surface area contributed by atoms with E-state index in [0.29, 0.717) is 11.1 Å². The molecule has 0 aromatic heterocycles. The van der Waals surface area contributed by atoms with E-state index in [4.69, 9.17) is 4.74 Å². The Kier molecular flexibility index (Phi) is 4.66. The molecule has 3 heteroatoms. The molecule has 25 heavy (non-hydrogen) atoms. The van der Waals surface area contributed by atoms with Crippen molar-refractivity contribution in [3.8, 4) is 0 Å². The second-order valence-electron chi connectivity index (χ2n) is 6.27. The molecule has 0 saturated heterocycles. The molecule has 3 aromatic rings. The van der Waals surface area contributed by atoms with E-state index in [1.54, 1.807) is 25.1 Å². The number of aryl methyl sites for hydroxylation is 2. The van der Waals surface area contributed by atoms with Crippen LogP contribution in [0.2, 0.25) is 0 Å². The lowest BCUT2D eigenvalue weighted by Crippen LogP contribution is -2.24. The van der Waals surface area contributed by atoms with Gasteiger partial charge in [-0.05, 0) is 60.9 Å². The monoisotopic (exact) mass is 332 g/mol. The highest BCUT2D eigenvalue weighted by molar-refractivity contribution is 6.02. The number of carbonyl (C=O) groups excluding carboxylic acids is 2. The van der Waals surface area contributed by atoms with E-state index in [0.717, 1.165) is 21.9 Å². The van der Waals surface area contributed by atoms with Crippen molar-refractivity contribution < 1.29 is 14.3 Å². The Morgan fingerprint density at radius 3 is 2.20 bits per heavy atom. The maximum absolute atomic E-state index is 12.5. The minimum atomic E-state index is -0.832. The molecule has 0 amide bonds. The maximum Gasteiger partial charge on any atom is 0.338 e. The second kappa shape index (κ2) is 6.89. The van der Waals surface area contributed by atoms with Crippen LogP contribution in [0, 0.1) is 13.8 Å². The summed E-state index contributed by atoms with van der Waals surface area (Å²) < 4.78 is 5.38. The van der Waals surface area contributed by atoms with Gasteiger partial charge in [-0.15, -0.1) is 0 Å². The number of esters is 1. The number of hydrogen-bond acceptors (Lipinski definition) is 3. The molecule has 0 unspecified atom stereocenters. The van der Waals surface area contributed by atoms with Crippen LogP contribution in [-0.2, 0) is 4.74 Å². The van der Waals surface area contributed by atoms with Crippen molar-refractivity contribution in [2.24, 2.45) is 0 Å². The maximum atomic E-state index is 12.5. The van der Waals surface area contributed by atoms with Gasteiger partial charge in [0.15, 0.2) is 6.10 Å². The Hall–Kier alpha value is -2.94. The van der Waals surface area contributed by atoms with Gasteiger partial charge in [0.05, 0.1) is 5.56 Å². The van der Waals surface area contributed by atoms with E-state index in [1.807, 2.05) is 56.3 Å². The molecule has 3 rings (SSSR count). The van der Waals surface area contributed by atoms with E-state index >= 15 is 0 Å². The van der Waals surface area contributed by atoms with Gasteiger partial charge in [0.1, 0.15) is 0 Å². The molecule has 0 fully saturated rings. The highest BCUT2D eigenvalue weighted by atomic mass is 16.5. The lowest BCUT2D eigenvalue weighted by Gasteiger charge is -2.13. The zero-order valence-corrected chi connectivity index (χ0v) is 14.6. The zero-order chi connectivity index (χ0) is 18.0. The van der Waals surface area contributed by atoms with Crippen LogP contribution < -0.4 is 0 Å². The lowest BCUT2D eigenvalue weighted by atomic mass is 10.0. The van der Waals surface area contributed by atoms with Crippen LogP contribution in [0.5, 0.6) is 0 Å². The summed E-state index contributed by atoms with van der Waals surface area (Å²) >= 11 is 0. The molecule has 0 aliphatic rings. The van der Waals surface area contributed by atoms with Gasteiger partial charge in [-0.1, -0.05) is 42.5 Å². The number of ketones is 1. The zero-order valence-electron chi connectivity index (χ0n) is 14.6. The number of fused-ring (bicyclic) bond motifs is 1. The number of carbonyl (C=O) groups is 2. The van der Waals surface area contributed by atoms with E-state index in [9.17, 15) is 9.59 Å². The summed E-state index contributed by atoms with van der Waals surface area (Å²) in [6.45, 7) is 5.56. The Bertz CT molecular complexity index is 956. The van der Waals surface area contributed by atoms with Crippen molar-refractivity contribution in [2.45, 2.75) is 26.9 Å². The fourth-order valence-corrected chi connectivity index (χ4v) is 2.73. The molecule has 126 valence electrons. The van der Waals surface area contributed by atoms with Gasteiger partial charge in [0.25, 0.3) is 0 Å². The Balaban J connectivity index is 1.76. The first-order valence-corrected chi connectivity index (χ1v) is 8.27. The molecule has 3 nitrogen and oxygen atoms in total. The summed E-state index contributed by atoms with van der Waals surface area (Å²) in [7, 11) is 0. The van der Waals surface area contributed by atoms with Gasteiger partial charge in [-0.25, -0.2) is 4.79 Å². The second-order valence-corrected chi connectivity index (χ2v) is 6.27. The number of Topliss-reactive ketones (excluding diaryl/α,β-unsaturated/α-hetero) is 1. The third kappa shape index (κ3) is 3.61. The Morgan fingerprint density at radius 2 is 1.48 bits per heavy atom. The van der Waals surface area contributed by atoms with E-state index in [-0.39, 0.29) is 5.78 Å². The summed E-state index contributed by atoms with van der Waals surface area (Å²) in [6, 6.07) is 18.7. The van der Waals surface area contributed by atoms with Crippen LogP contribution in [0.4, 0.5) is 0 Å². The van der Waals surface area contributed by atoms with Gasteiger partial charge in [-0.3, -0.25) is 4.79 Å². The van der Waals surface area contributed by atoms with Gasteiger partial charge in [0.2, 0.25) is 5.78 Å². The molecule has 0 spiro atoms. The smallest absolute Gasteiger partial charge is 0.338 e. The topological polar surface area (TPSA) is 43.4 Å². The number of rotatable bonds is 4. The van der Waals surface area contributed by atoms with Gasteiger partial charge >= 0.3 is 5.97 Å². The lowest BCUT2D eigenvalue weighted by molar-refractivity contribution is 0.0319. The van der Waals surface area contributed by atoms with Gasteiger partial charge in [-0.2, -0.15) is 0 Å². The SMILES string of the molecule is Cc1ccc(C(=O)[C@@H](C)OC(=O)c2ccc3ccccc3c2)cc1C. The third-order valence-corrected chi connectivity index (χ3v) is 4.43. The molecule has 3 aromatic carbocycles. The summed E-state index contributed by atoms with van der Waals surface area (Å²) in [5.41, 5.74) is 3.16. The van der Waals surface area contributed by atoms with Crippen LogP contribution in [0.25, 0.3) is 10.8 Å². The quantitative estimate of drug-likeness (QED) is 0.505. The molecule has 0 aliphatic heterocycles. The van der Waals surface area contributed by atoms with Crippen molar-refractivity contribution in [3.05, 3.63) is 82.9 Å². The van der Waals surface area contributed by atoms with Crippen molar-refractivity contribution in [1.82, 2.24) is 0 Å². The summed E-state index contributed by atoms with van der Waals surface area (Å²) in [4.78, 5) is 24.9. The normalized spacial score (nSPS) is 12.0. The van der Waals surface area contributed by atoms with Gasteiger partial charge in [0, 0.05) is 5.56 Å². The highest BCUT2D eigenvalue weighted by Gasteiger charge is 2.20. The predicted molar refractivity (Wildman–Crippen MR) is 99.1 cm³/mol. The molecular formula is C22H20O3. The Morgan fingerprint density at radius 1 is 0.800 bits per heavy atom. The van der Waals surface area contributed by atoms with E-state index in [2.05, 4.69) is 0 Å². The molecule has 0 aliphatic carbocycles. The molecular weight excluding hydrogens is 312 g/mol. The average Bonchev–Trinajstić information content (AvgIpc) is 2.62. The van der Waals surface area contributed by atoms with Crippen LogP contribution in [0.3, 0.4) is 0 Å². The summed E-state index contributed by atoms with van der Waals surface area (Å²) in [5, 5.41) is 2.02. The standard InChI is InChI=1S/C22H20O3/c1-14-8-9-19(12-15(14)2)21(23)16(3)25-22(24)20-11-10-17-6-4-5-7-18(17)13-20/h4-13,16H,1-3H3/t16-/m1/s1. The van der Waals surface area contributed by atoms with Crippen molar-refractivity contribution in [1.29, 1.82) is 0 Å². The fraction of sp³-hybridized carbons (Fsp3) is 0.182. The molecule has 0 N–H and O–H groups in total. The number of benzene rings is 3. The fourth-order valence-electron chi connectivity index (χ4n) is 2.73. The molecule has 0 radical (unpaired) electrons. The first-order chi connectivity index (χ1) is 12.0. The molecule has 0 heterocycles. The van der Waals surface area contributed by atoms with Crippen LogP contribution in [0.15, 0.2) is 60.7 Å². The molecule has 1 atom stereocenters. The van der Waals surface area contributed by atoms with Crippen molar-refractivity contribution in [3.63, 3.8) is 0 Å². The summed E-state index contributed by atoms with van der Waals surface area (Å²) in [6.07, 6.45) is -0.832. The number of ether oxygens (including phenoxy) is 1. The minimum absolute atomic E-state index is 0.197. The van der Waals surface area contributed by atoms with Gasteiger partial charge < -0.3 is 4.74 Å². The minimum Gasteiger partial charge on any atom is -0.451 e. The molecule has 0 saturated carbocycles. The van der Waals surface area contributed by atoms with Crippen LogP contribution >= 0.6 is 0 Å². The van der Waals surface area contributed by atoms with Crippen molar-refractivity contribution >= 4 is 22.5 Å². The largest absolute Gasteiger partial charge is 0.451 e. The summed E-state index contributed by atoms with van der Waals surface area (Å²) in [5.74, 6) is -0.687. The molecule has 0 bridgehead atoms. The third-order valence-electron chi connectivity index (χ3n) is 4.43. The van der Waals surface area contributed by atoms with E-state index in [1.165, 1.54) is 0 Å². The van der Waals surface area contributed by atoms with Crippen molar-refractivity contribution in [2.75, 3.05) is 0 Å². The predicted octanol–water partition coefficient (Wildman–Crippen LogP) is 4.88. The average molecular weight is 332 g/mol. The Labute approximate surface area is 147 Å². The highest BCUT2D eigenvalue weighted by Crippen LogP contribution is 2.18. The van der Waals surface area contributed by atoms with Crippen LogP contribution in [-0.4, -0.2) is 17.9 Å². The first-order valence-electron chi connectivity index (χ1n) is 8.27.